The van der Waals surface area contributed by atoms with Crippen LogP contribution >= 0.6 is 0 Å². The molecule has 1 nitrogen and oxygen atoms in total. The van der Waals surface area contributed by atoms with E-state index in [-0.39, 0.29) is 18.9 Å². The quantitative estimate of drug-likeness (QED) is 0.384. The van der Waals surface area contributed by atoms with Crippen LogP contribution in [0.3, 0.4) is 0 Å². The van der Waals surface area contributed by atoms with Gasteiger partial charge in [-0.25, -0.2) is 0 Å². The first-order valence-corrected chi connectivity index (χ1v) is 3.18. The van der Waals surface area contributed by atoms with E-state index >= 15 is 0 Å². The minimum atomic E-state index is 0. The van der Waals surface area contributed by atoms with Crippen molar-refractivity contribution in [3.63, 3.8) is 0 Å². The molecule has 0 bridgehead atoms. The van der Waals surface area contributed by atoms with E-state index in [9.17, 15) is 0 Å². The van der Waals surface area contributed by atoms with Crippen LogP contribution in [0.5, 0.6) is 0 Å². The first-order valence-electron chi connectivity index (χ1n) is 3.18. The topological polar surface area (TPSA) is 13.1 Å². The van der Waals surface area contributed by atoms with Crippen LogP contribution < -0.4 is 18.9 Å². The van der Waals surface area contributed by atoms with E-state index in [1.165, 1.54) is 6.42 Å². The zero-order valence-corrected chi connectivity index (χ0v) is 6.84. The van der Waals surface area contributed by atoms with Gasteiger partial charge in [0.1, 0.15) is 0 Å². The van der Waals surface area contributed by atoms with Crippen LogP contribution in [0.4, 0.5) is 0 Å². The molecule has 0 aromatic carbocycles. The van der Waals surface area contributed by atoms with Crippen molar-refractivity contribution in [2.75, 3.05) is 0 Å². The Morgan fingerprint density at radius 1 is 1.30 bits per heavy atom. The normalized spacial score (nSPS) is 7.00. The van der Waals surface area contributed by atoms with Gasteiger partial charge in [-0.15, -0.1) is 0 Å². The van der Waals surface area contributed by atoms with E-state index in [0.717, 1.165) is 6.42 Å². The Labute approximate surface area is 75.0 Å². The largest absolute Gasteiger partial charge is 1.00 e. The summed E-state index contributed by atoms with van der Waals surface area (Å²) in [6, 6.07) is 3.67. The summed E-state index contributed by atoms with van der Waals surface area (Å²) in [7, 11) is 0. The van der Waals surface area contributed by atoms with E-state index in [0.29, 0.717) is 0 Å². The second-order valence-electron chi connectivity index (χ2n) is 1.65. The molecule has 1 rings (SSSR count). The second-order valence-corrected chi connectivity index (χ2v) is 1.65. The van der Waals surface area contributed by atoms with Gasteiger partial charge in [-0.2, -0.15) is 6.42 Å². The fourth-order valence-corrected chi connectivity index (χ4v) is 0.227. The molecule has 0 radical (unpaired) electrons. The minimum Gasteiger partial charge on any atom is -0.473 e. The maximum atomic E-state index is 4.58. The van der Waals surface area contributed by atoms with E-state index < -0.39 is 0 Å². The molecule has 10 heavy (non-hydrogen) atoms. The molecule has 0 amide bonds. The van der Waals surface area contributed by atoms with Crippen molar-refractivity contribution in [3.8, 4) is 0 Å². The van der Waals surface area contributed by atoms with Crippen LogP contribution in [0.1, 0.15) is 19.8 Å². The zero-order chi connectivity index (χ0) is 6.95. The summed E-state index contributed by atoms with van der Waals surface area (Å²) in [6.45, 7) is 5.72. The van der Waals surface area contributed by atoms with Gasteiger partial charge < -0.3 is 11.3 Å². The molecular formula is C8H13LiO. The number of hydrogen-bond donors (Lipinski definition) is 0. The van der Waals surface area contributed by atoms with Gasteiger partial charge in [-0.1, -0.05) is 13.3 Å². The predicted octanol–water partition coefficient (Wildman–Crippen LogP) is -0.0958. The van der Waals surface area contributed by atoms with Crippen LogP contribution in [0.25, 0.3) is 0 Å². The predicted molar refractivity (Wildman–Crippen MR) is 39.0 cm³/mol. The first-order chi connectivity index (χ1) is 4.41. The Kier molecular flexibility index (Phi) is 14.6. The molecule has 0 aliphatic heterocycles. The van der Waals surface area contributed by atoms with Crippen LogP contribution in [-0.2, 0) is 0 Å². The average molecular weight is 132 g/mol. The van der Waals surface area contributed by atoms with Crippen molar-refractivity contribution in [3.05, 3.63) is 31.6 Å². The third kappa shape index (κ3) is 10.8. The fraction of sp³-hybridized carbons (Fsp3) is 0.375. The van der Waals surface area contributed by atoms with Gasteiger partial charge >= 0.3 is 18.9 Å². The molecule has 0 atom stereocenters. The molecular weight excluding hydrogens is 119 g/mol. The van der Waals surface area contributed by atoms with E-state index in [2.05, 4.69) is 18.3 Å². The molecule has 0 spiro atoms. The van der Waals surface area contributed by atoms with Gasteiger partial charge in [0.25, 0.3) is 0 Å². The maximum absolute atomic E-state index is 4.58. The van der Waals surface area contributed by atoms with Crippen molar-refractivity contribution >= 4 is 0 Å². The number of furan rings is 1. The van der Waals surface area contributed by atoms with Crippen molar-refractivity contribution in [2.45, 2.75) is 19.8 Å². The Bertz CT molecular complexity index is 84.8. The molecule has 1 aromatic rings. The minimum absolute atomic E-state index is 0. The third-order valence-corrected chi connectivity index (χ3v) is 0.779. The molecule has 0 aliphatic rings. The molecule has 0 unspecified atom stereocenters. The van der Waals surface area contributed by atoms with Gasteiger partial charge in [0, 0.05) is 0 Å². The van der Waals surface area contributed by atoms with E-state index in [1.807, 2.05) is 12.1 Å². The van der Waals surface area contributed by atoms with Crippen LogP contribution in [0.2, 0.25) is 0 Å². The van der Waals surface area contributed by atoms with Crippen LogP contribution in [0, 0.1) is 6.92 Å². The molecule has 0 fully saturated rings. The SMILES string of the molecule is [CH2-]CCC.[Li+].c1ccoc1. The van der Waals surface area contributed by atoms with Gasteiger partial charge in [0.15, 0.2) is 0 Å². The van der Waals surface area contributed by atoms with Gasteiger partial charge in [-0.05, 0) is 12.1 Å². The summed E-state index contributed by atoms with van der Waals surface area (Å²) >= 11 is 0. The molecule has 52 valence electrons. The molecule has 0 saturated carbocycles. The van der Waals surface area contributed by atoms with Crippen LogP contribution in [-0.4, -0.2) is 0 Å². The van der Waals surface area contributed by atoms with Crippen molar-refractivity contribution in [2.24, 2.45) is 0 Å². The number of rotatable bonds is 1. The summed E-state index contributed by atoms with van der Waals surface area (Å²) in [5.74, 6) is 0. The molecule has 0 aliphatic carbocycles. The Hall–Kier alpha value is -0.123. The van der Waals surface area contributed by atoms with Crippen molar-refractivity contribution in [1.29, 1.82) is 0 Å². The van der Waals surface area contributed by atoms with E-state index in [1.54, 1.807) is 12.5 Å². The molecule has 2 heteroatoms. The van der Waals surface area contributed by atoms with Gasteiger partial charge in [0.2, 0.25) is 0 Å². The molecule has 0 saturated heterocycles. The second kappa shape index (κ2) is 11.6. The Morgan fingerprint density at radius 3 is 1.80 bits per heavy atom. The summed E-state index contributed by atoms with van der Waals surface area (Å²) in [5.41, 5.74) is 0. The molecule has 1 aromatic heterocycles. The van der Waals surface area contributed by atoms with Crippen LogP contribution in [0.15, 0.2) is 29.1 Å². The summed E-state index contributed by atoms with van der Waals surface area (Å²) in [6.07, 6.45) is 5.53. The first kappa shape index (κ1) is 12.5. The number of hydrogen-bond acceptors (Lipinski definition) is 1. The van der Waals surface area contributed by atoms with Crippen molar-refractivity contribution in [1.82, 2.24) is 0 Å². The monoisotopic (exact) mass is 132 g/mol. The zero-order valence-electron chi connectivity index (χ0n) is 6.84. The molecule has 1 heterocycles. The van der Waals surface area contributed by atoms with Crippen molar-refractivity contribution < 1.29 is 23.3 Å². The molecule has 0 N–H and O–H groups in total. The summed E-state index contributed by atoms with van der Waals surface area (Å²) in [5, 5.41) is 0. The third-order valence-electron chi connectivity index (χ3n) is 0.779. The Morgan fingerprint density at radius 2 is 1.70 bits per heavy atom. The van der Waals surface area contributed by atoms with Gasteiger partial charge in [-0.3, -0.25) is 0 Å². The average Bonchev–Trinajstić information content (AvgIpc) is 2.43. The summed E-state index contributed by atoms with van der Waals surface area (Å²) < 4.78 is 4.58. The van der Waals surface area contributed by atoms with E-state index in [4.69, 9.17) is 0 Å². The van der Waals surface area contributed by atoms with Gasteiger partial charge in [0.05, 0.1) is 12.5 Å². The fourth-order valence-electron chi connectivity index (χ4n) is 0.227. The standard InChI is InChI=1S/C4H4O.C4H9.Li/c1-2-4-5-3-1;1-3-4-2;/h1-4H;1,3-4H2,2H3;/q;-1;+1. The number of unbranched alkanes of at least 4 members (excludes halogenated alkanes) is 1. The smallest absolute Gasteiger partial charge is 0.473 e. The summed E-state index contributed by atoms with van der Waals surface area (Å²) in [4.78, 5) is 0. The maximum Gasteiger partial charge on any atom is 1.00 e. The Balaban J connectivity index is 0.